The van der Waals surface area contributed by atoms with E-state index < -0.39 is 17.9 Å². The predicted molar refractivity (Wildman–Crippen MR) is 159 cm³/mol. The molecule has 0 spiro atoms. The number of nitrogens with one attached hydrogen (secondary N) is 3. The number of carbonyl (C=O) groups excluding carboxylic acids is 2. The lowest BCUT2D eigenvalue weighted by atomic mass is 9.89. The number of nitrogens with zero attached hydrogens (tertiary/aromatic N) is 1. The number of benzene rings is 3. The van der Waals surface area contributed by atoms with Crippen molar-refractivity contribution in [1.29, 1.82) is 0 Å². The van der Waals surface area contributed by atoms with Crippen LogP contribution >= 0.6 is 23.2 Å². The van der Waals surface area contributed by atoms with Gasteiger partial charge in [0.15, 0.2) is 0 Å². The van der Waals surface area contributed by atoms with E-state index in [4.69, 9.17) is 33.7 Å². The van der Waals surface area contributed by atoms with Crippen molar-refractivity contribution in [3.8, 4) is 5.75 Å². The van der Waals surface area contributed by atoms with Crippen LogP contribution in [0.1, 0.15) is 64.1 Å². The number of hydrogen-bond acceptors (Lipinski definition) is 5. The van der Waals surface area contributed by atoms with Crippen molar-refractivity contribution in [2.45, 2.75) is 43.8 Å². The number of primary amides is 1. The van der Waals surface area contributed by atoms with Crippen LogP contribution in [0.3, 0.4) is 0 Å². The average molecular weight is 593 g/mol. The van der Waals surface area contributed by atoms with Crippen molar-refractivity contribution in [1.82, 2.24) is 20.6 Å². The quantitative estimate of drug-likeness (QED) is 0.194. The predicted octanol–water partition coefficient (Wildman–Crippen LogP) is 5.50. The summed E-state index contributed by atoms with van der Waals surface area (Å²) in [6, 6.07) is 19.3. The van der Waals surface area contributed by atoms with E-state index in [2.05, 4.69) is 27.5 Å². The number of halogens is 2. The van der Waals surface area contributed by atoms with Crippen molar-refractivity contribution in [2.75, 3.05) is 6.61 Å². The summed E-state index contributed by atoms with van der Waals surface area (Å²) in [7, 11) is 0. The van der Waals surface area contributed by atoms with E-state index in [1.165, 1.54) is 0 Å². The summed E-state index contributed by atoms with van der Waals surface area (Å²) in [6.45, 7) is 2.57. The van der Waals surface area contributed by atoms with Gasteiger partial charge in [0.1, 0.15) is 11.8 Å². The largest absolute Gasteiger partial charge is 0.492 e. The van der Waals surface area contributed by atoms with Crippen LogP contribution in [0.15, 0.2) is 79.3 Å². The summed E-state index contributed by atoms with van der Waals surface area (Å²) in [5.74, 6) is -0.488. The number of amides is 2. The Morgan fingerprint density at radius 3 is 2.44 bits per heavy atom. The van der Waals surface area contributed by atoms with Crippen LogP contribution in [0.4, 0.5) is 0 Å². The molecule has 0 fully saturated rings. The average Bonchev–Trinajstić information content (AvgIpc) is 3.51. The first-order chi connectivity index (χ1) is 19.8. The number of rotatable bonds is 10. The normalized spacial score (nSPS) is 16.6. The van der Waals surface area contributed by atoms with E-state index in [0.29, 0.717) is 34.4 Å². The molecule has 1 aliphatic rings. The fourth-order valence-corrected chi connectivity index (χ4v) is 5.46. The molecule has 10 heteroatoms. The monoisotopic (exact) mass is 591 g/mol. The minimum absolute atomic E-state index is 0.0784. The second-order valence-electron chi connectivity index (χ2n) is 10.2. The molecule has 41 heavy (non-hydrogen) atoms. The van der Waals surface area contributed by atoms with Crippen LogP contribution in [-0.2, 0) is 11.2 Å². The van der Waals surface area contributed by atoms with Gasteiger partial charge in [-0.15, -0.1) is 0 Å². The Morgan fingerprint density at radius 1 is 1.07 bits per heavy atom. The van der Waals surface area contributed by atoms with Gasteiger partial charge in [0.05, 0.1) is 30.2 Å². The third kappa shape index (κ3) is 6.73. The fraction of sp³-hybridized carbons (Fsp3) is 0.258. The highest BCUT2D eigenvalue weighted by Crippen LogP contribution is 2.39. The lowest BCUT2D eigenvalue weighted by molar-refractivity contribution is -0.119. The van der Waals surface area contributed by atoms with Crippen LogP contribution in [0.5, 0.6) is 5.75 Å². The zero-order valence-corrected chi connectivity index (χ0v) is 24.0. The number of H-pyrrole nitrogens is 1. The van der Waals surface area contributed by atoms with E-state index in [-0.39, 0.29) is 24.4 Å². The highest BCUT2D eigenvalue weighted by molar-refractivity contribution is 6.30. The number of nitrogens with two attached hydrogens (primary N) is 1. The smallest absolute Gasteiger partial charge is 0.255 e. The van der Waals surface area contributed by atoms with Crippen molar-refractivity contribution < 1.29 is 14.3 Å². The Labute approximate surface area is 248 Å². The van der Waals surface area contributed by atoms with E-state index in [0.717, 1.165) is 22.4 Å². The summed E-state index contributed by atoms with van der Waals surface area (Å²) in [4.78, 5) is 33.2. The third-order valence-electron chi connectivity index (χ3n) is 7.45. The highest BCUT2D eigenvalue weighted by Gasteiger charge is 2.31. The van der Waals surface area contributed by atoms with E-state index in [1.54, 1.807) is 36.7 Å². The minimum Gasteiger partial charge on any atom is -0.492 e. The Balaban J connectivity index is 1.38. The lowest BCUT2D eigenvalue weighted by Gasteiger charge is -2.34. The molecular formula is C31H31Cl2N5O3. The summed E-state index contributed by atoms with van der Waals surface area (Å²) >= 11 is 12.1. The molecule has 212 valence electrons. The zero-order valence-electron chi connectivity index (χ0n) is 22.4. The zero-order chi connectivity index (χ0) is 28.9. The molecule has 1 aromatic heterocycles. The van der Waals surface area contributed by atoms with E-state index in [1.807, 2.05) is 42.6 Å². The molecule has 4 unspecified atom stereocenters. The molecule has 5 rings (SSSR count). The van der Waals surface area contributed by atoms with Gasteiger partial charge in [0.2, 0.25) is 5.91 Å². The van der Waals surface area contributed by atoms with Crippen molar-refractivity contribution in [2.24, 2.45) is 5.73 Å². The van der Waals surface area contributed by atoms with Gasteiger partial charge < -0.3 is 26.1 Å². The number of para-hydroxylation sites is 1. The Kier molecular flexibility index (Phi) is 8.93. The van der Waals surface area contributed by atoms with Crippen molar-refractivity contribution in [3.05, 3.63) is 117 Å². The first kappa shape index (κ1) is 28.7. The first-order valence-corrected chi connectivity index (χ1v) is 14.2. The topological polar surface area (TPSA) is 122 Å². The lowest BCUT2D eigenvalue weighted by Crippen LogP contribution is -2.46. The van der Waals surface area contributed by atoms with Crippen molar-refractivity contribution >= 4 is 35.0 Å². The van der Waals surface area contributed by atoms with Crippen LogP contribution < -0.4 is 21.1 Å². The third-order valence-corrected chi connectivity index (χ3v) is 7.96. The molecule has 2 heterocycles. The number of fused-ring (bicyclic) bond motifs is 1. The first-order valence-electron chi connectivity index (χ1n) is 13.4. The van der Waals surface area contributed by atoms with Crippen LogP contribution in [0.2, 0.25) is 10.0 Å². The molecule has 1 aliphatic heterocycles. The summed E-state index contributed by atoms with van der Waals surface area (Å²) in [5.41, 5.74) is 9.76. The SMILES string of the molecule is CC(c1ccc(Cl)cc1)C(NC1CCOc2c(C(=O)NC(Cc3ccc(Cl)cc3)C(N)=O)cccc21)c1cnc[nH]1. The van der Waals surface area contributed by atoms with Gasteiger partial charge in [0, 0.05) is 46.6 Å². The van der Waals surface area contributed by atoms with E-state index in [9.17, 15) is 9.59 Å². The number of ether oxygens (including phenoxy) is 1. The molecule has 3 aromatic carbocycles. The second kappa shape index (κ2) is 12.8. The van der Waals surface area contributed by atoms with Gasteiger partial charge in [-0.2, -0.15) is 0 Å². The molecule has 8 nitrogen and oxygen atoms in total. The Morgan fingerprint density at radius 2 is 1.78 bits per heavy atom. The number of imidazole rings is 1. The maximum atomic E-state index is 13.4. The molecule has 0 aliphatic carbocycles. The minimum atomic E-state index is -0.901. The second-order valence-corrected chi connectivity index (χ2v) is 11.0. The summed E-state index contributed by atoms with van der Waals surface area (Å²) < 4.78 is 6.04. The Bertz CT molecular complexity index is 1490. The molecule has 0 bridgehead atoms. The Hall–Kier alpha value is -3.85. The number of aromatic nitrogens is 2. The van der Waals surface area contributed by atoms with Gasteiger partial charge in [-0.3, -0.25) is 9.59 Å². The van der Waals surface area contributed by atoms with Gasteiger partial charge in [0.25, 0.3) is 5.91 Å². The van der Waals surface area contributed by atoms with Gasteiger partial charge in [-0.25, -0.2) is 4.98 Å². The molecule has 0 saturated heterocycles. The van der Waals surface area contributed by atoms with Gasteiger partial charge in [-0.05, 0) is 41.5 Å². The summed E-state index contributed by atoms with van der Waals surface area (Å²) in [6.07, 6.45) is 4.43. The van der Waals surface area contributed by atoms with Crippen LogP contribution in [0, 0.1) is 0 Å². The standard InChI is InChI=1S/C31H31Cl2N5O3/c1-18(20-7-11-22(33)12-8-20)28(27-16-35-17-36-27)37-25-13-14-41-29-23(25)3-2-4-24(29)31(40)38-26(30(34)39)15-19-5-9-21(32)10-6-19/h2-12,16-18,25-26,28,37H,13-15H2,1H3,(H2,34,39)(H,35,36)(H,38,40). The molecule has 0 radical (unpaired) electrons. The van der Waals surface area contributed by atoms with Crippen LogP contribution in [-0.4, -0.2) is 34.4 Å². The maximum absolute atomic E-state index is 13.4. The fourth-order valence-electron chi connectivity index (χ4n) is 5.21. The molecular weight excluding hydrogens is 561 g/mol. The van der Waals surface area contributed by atoms with E-state index >= 15 is 0 Å². The molecule has 4 aromatic rings. The molecule has 4 atom stereocenters. The number of hydrogen-bond donors (Lipinski definition) is 4. The van der Waals surface area contributed by atoms with Gasteiger partial charge in [-0.1, -0.05) is 66.5 Å². The molecule has 0 saturated carbocycles. The molecule has 5 N–H and O–H groups in total. The van der Waals surface area contributed by atoms with Crippen molar-refractivity contribution in [3.63, 3.8) is 0 Å². The summed E-state index contributed by atoms with van der Waals surface area (Å²) in [5, 5.41) is 7.85. The highest BCUT2D eigenvalue weighted by atomic mass is 35.5. The van der Waals surface area contributed by atoms with Crippen LogP contribution in [0.25, 0.3) is 0 Å². The molecule has 2 amide bonds. The number of aromatic amines is 1. The number of carbonyl (C=O) groups is 2. The van der Waals surface area contributed by atoms with Gasteiger partial charge >= 0.3 is 0 Å². The maximum Gasteiger partial charge on any atom is 0.255 e.